The maximum absolute atomic E-state index is 13.4. The Bertz CT molecular complexity index is 669. The lowest BCUT2D eigenvalue weighted by molar-refractivity contribution is 0.102. The van der Waals surface area contributed by atoms with Gasteiger partial charge in [-0.3, -0.25) is 4.79 Å². The van der Waals surface area contributed by atoms with Crippen LogP contribution in [0.2, 0.25) is 0 Å². The third-order valence-corrected chi connectivity index (χ3v) is 3.77. The van der Waals surface area contributed by atoms with Crippen molar-refractivity contribution in [1.29, 1.82) is 0 Å². The van der Waals surface area contributed by atoms with Crippen molar-refractivity contribution in [1.82, 2.24) is 0 Å². The van der Waals surface area contributed by atoms with Crippen molar-refractivity contribution in [3.8, 4) is 0 Å². The molecule has 0 unspecified atom stereocenters. The Balaban J connectivity index is 2.20. The molecule has 0 aliphatic carbocycles. The van der Waals surface area contributed by atoms with Crippen molar-refractivity contribution in [2.24, 2.45) is 0 Å². The SMILES string of the molecule is Cc1cc(F)c(Br)cc1NC(=O)c1ccc(N(C)C)cc1. The number of halogens is 2. The smallest absolute Gasteiger partial charge is 0.255 e. The van der Waals surface area contributed by atoms with E-state index in [0.29, 0.717) is 21.3 Å². The number of hydrogen-bond donors (Lipinski definition) is 1. The fraction of sp³-hybridized carbons (Fsp3) is 0.188. The second-order valence-electron chi connectivity index (χ2n) is 4.98. The van der Waals surface area contributed by atoms with Crippen LogP contribution in [0.1, 0.15) is 15.9 Å². The van der Waals surface area contributed by atoms with Crippen LogP contribution in [-0.2, 0) is 0 Å². The van der Waals surface area contributed by atoms with Crippen molar-refractivity contribution in [2.75, 3.05) is 24.3 Å². The molecule has 0 spiro atoms. The molecule has 0 atom stereocenters. The number of nitrogens with zero attached hydrogens (tertiary/aromatic N) is 1. The van der Waals surface area contributed by atoms with Gasteiger partial charge in [0.1, 0.15) is 5.82 Å². The molecule has 0 aliphatic rings. The Hall–Kier alpha value is -1.88. The molecule has 21 heavy (non-hydrogen) atoms. The normalized spacial score (nSPS) is 10.3. The number of anilines is 2. The van der Waals surface area contributed by atoms with E-state index in [1.165, 1.54) is 6.07 Å². The second kappa shape index (κ2) is 6.26. The van der Waals surface area contributed by atoms with Gasteiger partial charge in [0.2, 0.25) is 0 Å². The molecule has 110 valence electrons. The Morgan fingerprint density at radius 2 is 1.81 bits per heavy atom. The predicted molar refractivity (Wildman–Crippen MR) is 87.6 cm³/mol. The minimum atomic E-state index is -0.346. The Kier molecular flexibility index (Phi) is 4.63. The Morgan fingerprint density at radius 1 is 1.19 bits per heavy atom. The average Bonchev–Trinajstić information content (AvgIpc) is 2.44. The van der Waals surface area contributed by atoms with Gasteiger partial charge in [-0.1, -0.05) is 0 Å². The van der Waals surface area contributed by atoms with Gasteiger partial charge in [0, 0.05) is 31.0 Å². The predicted octanol–water partition coefficient (Wildman–Crippen LogP) is 4.21. The van der Waals surface area contributed by atoms with Crippen LogP contribution in [0.25, 0.3) is 0 Å². The number of carbonyl (C=O) groups excluding carboxylic acids is 1. The van der Waals surface area contributed by atoms with Gasteiger partial charge in [0.25, 0.3) is 5.91 Å². The van der Waals surface area contributed by atoms with Gasteiger partial charge in [0.05, 0.1) is 4.47 Å². The molecule has 3 nitrogen and oxygen atoms in total. The molecule has 5 heteroatoms. The average molecular weight is 351 g/mol. The minimum absolute atomic E-state index is 0.220. The quantitative estimate of drug-likeness (QED) is 0.898. The first kappa shape index (κ1) is 15.5. The summed E-state index contributed by atoms with van der Waals surface area (Å²) in [6.45, 7) is 1.75. The van der Waals surface area contributed by atoms with Gasteiger partial charge in [0.15, 0.2) is 0 Å². The molecular weight excluding hydrogens is 335 g/mol. The highest BCUT2D eigenvalue weighted by Crippen LogP contribution is 2.25. The number of amides is 1. The number of aryl methyl sites for hydroxylation is 1. The van der Waals surface area contributed by atoms with Gasteiger partial charge in [-0.2, -0.15) is 0 Å². The van der Waals surface area contributed by atoms with Crippen LogP contribution >= 0.6 is 15.9 Å². The van der Waals surface area contributed by atoms with E-state index >= 15 is 0 Å². The zero-order chi connectivity index (χ0) is 15.6. The van der Waals surface area contributed by atoms with E-state index in [9.17, 15) is 9.18 Å². The zero-order valence-corrected chi connectivity index (χ0v) is 13.7. The van der Waals surface area contributed by atoms with E-state index < -0.39 is 0 Å². The lowest BCUT2D eigenvalue weighted by Gasteiger charge is -2.13. The molecule has 2 rings (SSSR count). The topological polar surface area (TPSA) is 32.3 Å². The Morgan fingerprint density at radius 3 is 2.38 bits per heavy atom. The highest BCUT2D eigenvalue weighted by Gasteiger charge is 2.10. The van der Waals surface area contributed by atoms with Gasteiger partial charge >= 0.3 is 0 Å². The van der Waals surface area contributed by atoms with E-state index in [4.69, 9.17) is 0 Å². The van der Waals surface area contributed by atoms with Crippen molar-refractivity contribution in [2.45, 2.75) is 6.92 Å². The summed E-state index contributed by atoms with van der Waals surface area (Å²) < 4.78 is 13.7. The molecule has 0 radical (unpaired) electrons. The van der Waals surface area contributed by atoms with E-state index in [1.54, 1.807) is 25.1 Å². The molecule has 1 N–H and O–H groups in total. The number of rotatable bonds is 3. The van der Waals surface area contributed by atoms with E-state index in [0.717, 1.165) is 5.69 Å². The van der Waals surface area contributed by atoms with Gasteiger partial charge < -0.3 is 10.2 Å². The van der Waals surface area contributed by atoms with Crippen molar-refractivity contribution in [3.05, 3.63) is 57.8 Å². The van der Waals surface area contributed by atoms with Crippen LogP contribution in [0.4, 0.5) is 15.8 Å². The maximum atomic E-state index is 13.4. The number of nitrogens with one attached hydrogen (secondary N) is 1. The van der Waals surface area contributed by atoms with Gasteiger partial charge in [-0.25, -0.2) is 4.39 Å². The molecule has 0 aliphatic heterocycles. The third-order valence-electron chi connectivity index (χ3n) is 3.16. The molecule has 2 aromatic rings. The molecule has 0 saturated carbocycles. The van der Waals surface area contributed by atoms with E-state index in [2.05, 4.69) is 21.2 Å². The van der Waals surface area contributed by atoms with Crippen LogP contribution in [-0.4, -0.2) is 20.0 Å². The molecule has 0 heterocycles. The highest BCUT2D eigenvalue weighted by atomic mass is 79.9. The summed E-state index contributed by atoms with van der Waals surface area (Å²) in [5.41, 5.74) is 2.84. The molecule has 0 fully saturated rings. The Labute approximate surface area is 131 Å². The van der Waals surface area contributed by atoms with Crippen LogP contribution in [0.3, 0.4) is 0 Å². The second-order valence-corrected chi connectivity index (χ2v) is 5.83. The standard InChI is InChI=1S/C16H16BrFN2O/c1-10-8-14(18)13(17)9-15(10)19-16(21)11-4-6-12(7-5-11)20(2)3/h4-9H,1-3H3,(H,19,21). The maximum Gasteiger partial charge on any atom is 0.255 e. The zero-order valence-electron chi connectivity index (χ0n) is 12.1. The summed E-state index contributed by atoms with van der Waals surface area (Å²) in [4.78, 5) is 14.2. The number of hydrogen-bond acceptors (Lipinski definition) is 2. The fourth-order valence-electron chi connectivity index (χ4n) is 1.89. The lowest BCUT2D eigenvalue weighted by atomic mass is 10.1. The molecule has 0 aromatic heterocycles. The molecule has 1 amide bonds. The number of carbonyl (C=O) groups is 1. The van der Waals surface area contributed by atoms with Gasteiger partial charge in [-0.15, -0.1) is 0 Å². The van der Waals surface area contributed by atoms with Crippen LogP contribution in [0.5, 0.6) is 0 Å². The monoisotopic (exact) mass is 350 g/mol. The van der Waals surface area contributed by atoms with Crippen molar-refractivity contribution < 1.29 is 9.18 Å². The van der Waals surface area contributed by atoms with Crippen LogP contribution < -0.4 is 10.2 Å². The van der Waals surface area contributed by atoms with Crippen molar-refractivity contribution in [3.63, 3.8) is 0 Å². The largest absolute Gasteiger partial charge is 0.378 e. The summed E-state index contributed by atoms with van der Waals surface area (Å²) >= 11 is 3.12. The summed E-state index contributed by atoms with van der Waals surface area (Å²) in [7, 11) is 3.88. The van der Waals surface area contributed by atoms with Gasteiger partial charge in [-0.05, 0) is 64.8 Å². The van der Waals surface area contributed by atoms with E-state index in [1.807, 2.05) is 31.1 Å². The first-order valence-electron chi connectivity index (χ1n) is 6.43. The third kappa shape index (κ3) is 3.61. The molecular formula is C16H16BrFN2O. The summed E-state index contributed by atoms with van der Waals surface area (Å²) in [6.07, 6.45) is 0. The first-order valence-corrected chi connectivity index (χ1v) is 7.22. The molecule has 2 aromatic carbocycles. The molecule has 0 bridgehead atoms. The lowest BCUT2D eigenvalue weighted by Crippen LogP contribution is -2.14. The fourth-order valence-corrected chi connectivity index (χ4v) is 2.23. The first-order chi connectivity index (χ1) is 9.88. The van der Waals surface area contributed by atoms with Crippen LogP contribution in [0.15, 0.2) is 40.9 Å². The van der Waals surface area contributed by atoms with Crippen molar-refractivity contribution >= 4 is 33.2 Å². The minimum Gasteiger partial charge on any atom is -0.378 e. The van der Waals surface area contributed by atoms with Crippen LogP contribution in [0, 0.1) is 12.7 Å². The summed E-state index contributed by atoms with van der Waals surface area (Å²) in [5.74, 6) is -0.567. The molecule has 0 saturated heterocycles. The summed E-state index contributed by atoms with van der Waals surface area (Å²) in [6, 6.07) is 10.2. The summed E-state index contributed by atoms with van der Waals surface area (Å²) in [5, 5.41) is 2.79. The number of benzene rings is 2. The highest BCUT2D eigenvalue weighted by molar-refractivity contribution is 9.10. The van der Waals surface area contributed by atoms with E-state index in [-0.39, 0.29) is 11.7 Å².